The van der Waals surface area contributed by atoms with Crippen LogP contribution in [0.5, 0.6) is 0 Å². The van der Waals surface area contributed by atoms with Crippen LogP contribution in [0, 0.1) is 0 Å². The van der Waals surface area contributed by atoms with E-state index in [1.165, 1.54) is 0 Å². The molecule has 0 amide bonds. The van der Waals surface area contributed by atoms with Crippen LogP contribution in [0.25, 0.3) is 0 Å². The Hall–Kier alpha value is -1.69. The van der Waals surface area contributed by atoms with Crippen LogP contribution >= 0.6 is 11.3 Å². The molecule has 0 radical (unpaired) electrons. The monoisotopic (exact) mass is 264 g/mol. The number of aromatic nitrogens is 3. The second-order valence-corrected chi connectivity index (χ2v) is 5.02. The first kappa shape index (κ1) is 12.8. The summed E-state index contributed by atoms with van der Waals surface area (Å²) in [6.07, 6.45) is 2.68. The molecule has 0 bridgehead atoms. The van der Waals surface area contributed by atoms with Crippen LogP contribution in [0.3, 0.4) is 0 Å². The average Bonchev–Trinajstić information content (AvgIpc) is 2.86. The third kappa shape index (κ3) is 3.40. The third-order valence-corrected chi connectivity index (χ3v) is 3.39. The van der Waals surface area contributed by atoms with Crippen molar-refractivity contribution >= 4 is 17.3 Å². The van der Waals surface area contributed by atoms with Crippen molar-refractivity contribution < 1.29 is 0 Å². The molecule has 18 heavy (non-hydrogen) atoms. The summed E-state index contributed by atoms with van der Waals surface area (Å²) in [6, 6.07) is 3.95. The lowest BCUT2D eigenvalue weighted by atomic mass is 10.3. The average molecular weight is 264 g/mol. The molecule has 0 saturated carbocycles. The molecular weight excluding hydrogens is 248 g/mol. The maximum Gasteiger partial charge on any atom is 0.274 e. The van der Waals surface area contributed by atoms with E-state index in [1.807, 2.05) is 17.5 Å². The number of nitrogens with zero attached hydrogens (tertiary/aromatic N) is 2. The standard InChI is InChI=1S/C12H16N4OS/c1-2-3-6-13-12-14-11(17)10(15-16-12)8-9-5-4-7-18-9/h4-5,7H,2-3,6,8H2,1H3,(H2,13,14,16,17). The molecule has 96 valence electrons. The summed E-state index contributed by atoms with van der Waals surface area (Å²) in [4.78, 5) is 15.6. The SMILES string of the molecule is CCCCNc1nnc(Cc2cccs2)c(=O)[nH]1. The van der Waals surface area contributed by atoms with E-state index in [0.29, 0.717) is 18.1 Å². The first-order chi connectivity index (χ1) is 8.79. The molecule has 0 aliphatic carbocycles. The topological polar surface area (TPSA) is 70.7 Å². The molecule has 0 aliphatic rings. The molecule has 2 N–H and O–H groups in total. The fourth-order valence-corrected chi connectivity index (χ4v) is 2.23. The summed E-state index contributed by atoms with van der Waals surface area (Å²) < 4.78 is 0. The molecule has 0 fully saturated rings. The van der Waals surface area contributed by atoms with Crippen molar-refractivity contribution in [1.29, 1.82) is 0 Å². The Morgan fingerprint density at radius 1 is 1.44 bits per heavy atom. The Morgan fingerprint density at radius 3 is 3.00 bits per heavy atom. The predicted molar refractivity (Wildman–Crippen MR) is 73.2 cm³/mol. The largest absolute Gasteiger partial charge is 0.354 e. The van der Waals surface area contributed by atoms with Crippen LogP contribution in [-0.4, -0.2) is 21.7 Å². The summed E-state index contributed by atoms with van der Waals surface area (Å²) >= 11 is 1.61. The van der Waals surface area contributed by atoms with Crippen molar-refractivity contribution in [3.05, 3.63) is 38.4 Å². The highest BCUT2D eigenvalue weighted by atomic mass is 32.1. The van der Waals surface area contributed by atoms with E-state index >= 15 is 0 Å². The highest BCUT2D eigenvalue weighted by Gasteiger charge is 2.06. The van der Waals surface area contributed by atoms with Crippen molar-refractivity contribution in [3.8, 4) is 0 Å². The zero-order valence-electron chi connectivity index (χ0n) is 10.3. The van der Waals surface area contributed by atoms with Crippen LogP contribution in [-0.2, 0) is 6.42 Å². The van der Waals surface area contributed by atoms with Gasteiger partial charge in [-0.05, 0) is 17.9 Å². The van der Waals surface area contributed by atoms with Gasteiger partial charge in [0.1, 0.15) is 5.69 Å². The molecule has 0 aromatic carbocycles. The summed E-state index contributed by atoms with van der Waals surface area (Å²) in [5, 5.41) is 13.0. The Bertz CT molecular complexity index is 535. The minimum absolute atomic E-state index is 0.169. The van der Waals surface area contributed by atoms with Gasteiger partial charge in [-0.2, -0.15) is 0 Å². The number of anilines is 1. The molecule has 0 spiro atoms. The van der Waals surface area contributed by atoms with E-state index in [2.05, 4.69) is 27.4 Å². The van der Waals surface area contributed by atoms with Crippen LogP contribution < -0.4 is 10.9 Å². The van der Waals surface area contributed by atoms with Crippen molar-refractivity contribution in [3.63, 3.8) is 0 Å². The maximum atomic E-state index is 11.8. The quantitative estimate of drug-likeness (QED) is 0.783. The summed E-state index contributed by atoms with van der Waals surface area (Å²) in [5.41, 5.74) is 0.288. The molecule has 2 aromatic heterocycles. The number of nitrogens with one attached hydrogen (secondary N) is 2. The minimum atomic E-state index is -0.169. The number of aromatic amines is 1. The molecule has 0 atom stereocenters. The van der Waals surface area contributed by atoms with Gasteiger partial charge in [-0.25, -0.2) is 0 Å². The van der Waals surface area contributed by atoms with Gasteiger partial charge in [0.2, 0.25) is 5.95 Å². The Labute approximate surface area is 109 Å². The molecule has 0 unspecified atom stereocenters. The third-order valence-electron chi connectivity index (χ3n) is 2.51. The van der Waals surface area contributed by atoms with Crippen molar-refractivity contribution in [2.45, 2.75) is 26.2 Å². The molecule has 2 rings (SSSR count). The lowest BCUT2D eigenvalue weighted by molar-refractivity contribution is 0.807. The molecule has 6 heteroatoms. The van der Waals surface area contributed by atoms with Gasteiger partial charge in [-0.1, -0.05) is 19.4 Å². The lowest BCUT2D eigenvalue weighted by Gasteiger charge is -2.03. The number of rotatable bonds is 6. The summed E-state index contributed by atoms with van der Waals surface area (Å²) in [5.74, 6) is 0.448. The van der Waals surface area contributed by atoms with E-state index in [9.17, 15) is 4.79 Å². The molecule has 0 aliphatic heterocycles. The smallest absolute Gasteiger partial charge is 0.274 e. The van der Waals surface area contributed by atoms with E-state index in [0.717, 1.165) is 24.3 Å². The maximum absolute atomic E-state index is 11.8. The van der Waals surface area contributed by atoms with E-state index in [-0.39, 0.29) is 5.56 Å². The highest BCUT2D eigenvalue weighted by Crippen LogP contribution is 2.11. The van der Waals surface area contributed by atoms with Crippen LogP contribution in [0.4, 0.5) is 5.95 Å². The van der Waals surface area contributed by atoms with Crippen molar-refractivity contribution in [2.24, 2.45) is 0 Å². The van der Waals surface area contributed by atoms with Crippen molar-refractivity contribution in [1.82, 2.24) is 15.2 Å². The Kier molecular flexibility index (Phi) is 4.46. The summed E-state index contributed by atoms with van der Waals surface area (Å²) in [7, 11) is 0. The Balaban J connectivity index is 2.03. The van der Waals surface area contributed by atoms with Gasteiger partial charge in [0, 0.05) is 17.8 Å². The van der Waals surface area contributed by atoms with Gasteiger partial charge >= 0.3 is 0 Å². The molecule has 2 aromatic rings. The van der Waals surface area contributed by atoms with E-state index in [4.69, 9.17) is 0 Å². The lowest BCUT2D eigenvalue weighted by Crippen LogP contribution is -2.20. The first-order valence-electron chi connectivity index (χ1n) is 6.01. The van der Waals surface area contributed by atoms with Crippen LogP contribution in [0.15, 0.2) is 22.3 Å². The molecule has 2 heterocycles. The number of thiophene rings is 1. The van der Waals surface area contributed by atoms with Gasteiger partial charge in [0.15, 0.2) is 0 Å². The molecule has 0 saturated heterocycles. The molecule has 5 nitrogen and oxygen atoms in total. The normalized spacial score (nSPS) is 10.5. The van der Waals surface area contributed by atoms with Crippen molar-refractivity contribution in [2.75, 3.05) is 11.9 Å². The van der Waals surface area contributed by atoms with Gasteiger partial charge in [-0.15, -0.1) is 21.5 Å². The molecular formula is C12H16N4OS. The number of unbranched alkanes of at least 4 members (excludes halogenated alkanes) is 1. The second-order valence-electron chi connectivity index (χ2n) is 3.99. The fraction of sp³-hybridized carbons (Fsp3) is 0.417. The van der Waals surface area contributed by atoms with Gasteiger partial charge < -0.3 is 5.32 Å². The van der Waals surface area contributed by atoms with E-state index in [1.54, 1.807) is 11.3 Å². The Morgan fingerprint density at radius 2 is 2.33 bits per heavy atom. The second kappa shape index (κ2) is 6.30. The first-order valence-corrected chi connectivity index (χ1v) is 6.89. The zero-order chi connectivity index (χ0) is 12.8. The fourth-order valence-electron chi connectivity index (χ4n) is 1.52. The number of hydrogen-bond acceptors (Lipinski definition) is 5. The van der Waals surface area contributed by atoms with Gasteiger partial charge in [0.25, 0.3) is 5.56 Å². The van der Waals surface area contributed by atoms with Gasteiger partial charge in [0.05, 0.1) is 0 Å². The van der Waals surface area contributed by atoms with Crippen LogP contribution in [0.2, 0.25) is 0 Å². The zero-order valence-corrected chi connectivity index (χ0v) is 11.1. The van der Waals surface area contributed by atoms with Gasteiger partial charge in [-0.3, -0.25) is 9.78 Å². The van der Waals surface area contributed by atoms with Crippen LogP contribution in [0.1, 0.15) is 30.3 Å². The number of hydrogen-bond donors (Lipinski definition) is 2. The highest BCUT2D eigenvalue weighted by molar-refractivity contribution is 7.09. The minimum Gasteiger partial charge on any atom is -0.354 e. The predicted octanol–water partition coefficient (Wildman–Crippen LogP) is 2.03. The summed E-state index contributed by atoms with van der Waals surface area (Å²) in [6.45, 7) is 2.91. The number of H-pyrrole nitrogens is 1. The van der Waals surface area contributed by atoms with E-state index < -0.39 is 0 Å².